The van der Waals surface area contributed by atoms with Gasteiger partial charge < -0.3 is 14.8 Å². The van der Waals surface area contributed by atoms with Crippen LogP contribution < -0.4 is 10.1 Å². The SMILES string of the molecule is COc1ccc(Nc2nc3c(Sc4ccccc4)ncnc3n2C2CCCCO2)cc1. The van der Waals surface area contributed by atoms with E-state index in [2.05, 4.69) is 32.0 Å². The summed E-state index contributed by atoms with van der Waals surface area (Å²) in [5.74, 6) is 1.50. The van der Waals surface area contributed by atoms with Gasteiger partial charge in [0, 0.05) is 17.2 Å². The number of fused-ring (bicyclic) bond motifs is 1. The number of aromatic nitrogens is 4. The Morgan fingerprint density at radius 2 is 1.90 bits per heavy atom. The molecule has 7 nitrogen and oxygen atoms in total. The van der Waals surface area contributed by atoms with E-state index in [9.17, 15) is 0 Å². The van der Waals surface area contributed by atoms with Crippen LogP contribution in [0, 0.1) is 0 Å². The molecule has 0 bridgehead atoms. The lowest BCUT2D eigenvalue weighted by Crippen LogP contribution is -2.19. The van der Waals surface area contributed by atoms with E-state index < -0.39 is 0 Å². The fourth-order valence-electron chi connectivity index (χ4n) is 3.65. The van der Waals surface area contributed by atoms with Gasteiger partial charge in [-0.15, -0.1) is 0 Å². The summed E-state index contributed by atoms with van der Waals surface area (Å²) < 4.78 is 13.4. The normalized spacial score (nSPS) is 16.4. The van der Waals surface area contributed by atoms with Gasteiger partial charge in [0.1, 0.15) is 28.8 Å². The minimum atomic E-state index is -0.107. The van der Waals surface area contributed by atoms with Gasteiger partial charge in [0.25, 0.3) is 0 Å². The van der Waals surface area contributed by atoms with Gasteiger partial charge in [-0.2, -0.15) is 0 Å². The summed E-state index contributed by atoms with van der Waals surface area (Å²) in [5.41, 5.74) is 2.45. The number of nitrogens with one attached hydrogen (secondary N) is 1. The lowest BCUT2D eigenvalue weighted by Gasteiger charge is -2.25. The number of hydrogen-bond acceptors (Lipinski definition) is 7. The number of imidazole rings is 1. The average molecular weight is 434 g/mol. The van der Waals surface area contributed by atoms with Crippen molar-refractivity contribution in [1.82, 2.24) is 19.5 Å². The van der Waals surface area contributed by atoms with Crippen molar-refractivity contribution in [2.75, 3.05) is 19.0 Å². The van der Waals surface area contributed by atoms with Gasteiger partial charge in [0.05, 0.1) is 7.11 Å². The topological polar surface area (TPSA) is 74.1 Å². The highest BCUT2D eigenvalue weighted by molar-refractivity contribution is 7.99. The molecule has 4 aromatic rings. The van der Waals surface area contributed by atoms with E-state index in [4.69, 9.17) is 14.5 Å². The van der Waals surface area contributed by atoms with E-state index in [1.165, 1.54) is 0 Å². The van der Waals surface area contributed by atoms with Gasteiger partial charge in [0.15, 0.2) is 5.65 Å². The Kier molecular flexibility index (Phi) is 5.73. The summed E-state index contributed by atoms with van der Waals surface area (Å²) in [4.78, 5) is 15.1. The zero-order valence-corrected chi connectivity index (χ0v) is 18.0. The predicted octanol–water partition coefficient (Wildman–Crippen LogP) is 5.43. The van der Waals surface area contributed by atoms with E-state index in [-0.39, 0.29) is 6.23 Å². The van der Waals surface area contributed by atoms with Gasteiger partial charge >= 0.3 is 0 Å². The minimum absolute atomic E-state index is 0.107. The Bertz CT molecular complexity index is 1160. The van der Waals surface area contributed by atoms with Crippen LogP contribution in [0.4, 0.5) is 11.6 Å². The van der Waals surface area contributed by atoms with Crippen molar-refractivity contribution in [2.24, 2.45) is 0 Å². The molecular weight excluding hydrogens is 410 g/mol. The molecule has 158 valence electrons. The molecule has 0 aliphatic carbocycles. The first-order valence-corrected chi connectivity index (χ1v) is 11.1. The first kappa shape index (κ1) is 19.8. The maximum Gasteiger partial charge on any atom is 0.211 e. The number of methoxy groups -OCH3 is 1. The molecule has 1 atom stereocenters. The van der Waals surface area contributed by atoms with Crippen LogP contribution in [0.3, 0.4) is 0 Å². The van der Waals surface area contributed by atoms with Crippen molar-refractivity contribution in [2.45, 2.75) is 35.4 Å². The molecule has 1 N–H and O–H groups in total. The van der Waals surface area contributed by atoms with Crippen molar-refractivity contribution < 1.29 is 9.47 Å². The Balaban J connectivity index is 1.57. The number of ether oxygens (including phenoxy) is 2. The number of nitrogens with zero attached hydrogens (tertiary/aromatic N) is 4. The zero-order chi connectivity index (χ0) is 21.0. The highest BCUT2D eigenvalue weighted by Crippen LogP contribution is 2.36. The van der Waals surface area contributed by atoms with E-state index in [0.717, 1.165) is 58.4 Å². The average Bonchev–Trinajstić information content (AvgIpc) is 3.20. The number of anilines is 2. The van der Waals surface area contributed by atoms with Crippen LogP contribution in [0.5, 0.6) is 5.75 Å². The third-order valence-corrected chi connectivity index (χ3v) is 6.19. The van der Waals surface area contributed by atoms with Gasteiger partial charge in [-0.3, -0.25) is 4.57 Å². The van der Waals surface area contributed by atoms with Crippen LogP contribution in [-0.4, -0.2) is 33.2 Å². The van der Waals surface area contributed by atoms with Crippen molar-refractivity contribution in [3.8, 4) is 5.75 Å². The van der Waals surface area contributed by atoms with Crippen LogP contribution in [-0.2, 0) is 4.74 Å². The molecule has 1 aliphatic heterocycles. The van der Waals surface area contributed by atoms with E-state index >= 15 is 0 Å². The fraction of sp³-hybridized carbons (Fsp3) is 0.261. The molecule has 31 heavy (non-hydrogen) atoms. The predicted molar refractivity (Wildman–Crippen MR) is 121 cm³/mol. The molecular formula is C23H23N5O2S. The molecule has 1 aliphatic rings. The van der Waals surface area contributed by atoms with Crippen LogP contribution in [0.1, 0.15) is 25.5 Å². The van der Waals surface area contributed by atoms with E-state index in [1.54, 1.807) is 25.2 Å². The first-order valence-electron chi connectivity index (χ1n) is 10.3. The second kappa shape index (κ2) is 8.95. The van der Waals surface area contributed by atoms with Gasteiger partial charge in [0.2, 0.25) is 5.95 Å². The second-order valence-electron chi connectivity index (χ2n) is 7.25. The minimum Gasteiger partial charge on any atom is -0.497 e. The highest BCUT2D eigenvalue weighted by atomic mass is 32.2. The third-order valence-electron chi connectivity index (χ3n) is 5.19. The molecule has 1 saturated heterocycles. The fourth-order valence-corrected chi connectivity index (χ4v) is 4.50. The van der Waals surface area contributed by atoms with E-state index in [0.29, 0.717) is 5.95 Å². The first-order chi connectivity index (χ1) is 15.3. The zero-order valence-electron chi connectivity index (χ0n) is 17.2. The molecule has 0 radical (unpaired) electrons. The summed E-state index contributed by atoms with van der Waals surface area (Å²) in [7, 11) is 1.66. The molecule has 5 rings (SSSR count). The van der Waals surface area contributed by atoms with Crippen LogP contribution in [0.2, 0.25) is 0 Å². The van der Waals surface area contributed by atoms with Crippen molar-refractivity contribution >= 4 is 34.6 Å². The molecule has 1 unspecified atom stereocenters. The smallest absolute Gasteiger partial charge is 0.211 e. The van der Waals surface area contributed by atoms with E-state index in [1.807, 2.05) is 42.5 Å². The molecule has 2 aromatic carbocycles. The summed E-state index contributed by atoms with van der Waals surface area (Å²) in [6.45, 7) is 0.739. The number of benzene rings is 2. The van der Waals surface area contributed by atoms with Crippen LogP contribution in [0.15, 0.2) is 70.8 Å². The summed E-state index contributed by atoms with van der Waals surface area (Å²) in [6.07, 6.45) is 4.61. The molecule has 0 amide bonds. The molecule has 8 heteroatoms. The molecule has 0 spiro atoms. The third kappa shape index (κ3) is 4.22. The largest absolute Gasteiger partial charge is 0.497 e. The lowest BCUT2D eigenvalue weighted by atomic mass is 10.2. The molecule has 0 saturated carbocycles. The van der Waals surface area contributed by atoms with Crippen molar-refractivity contribution in [1.29, 1.82) is 0 Å². The Morgan fingerprint density at radius 1 is 1.06 bits per heavy atom. The van der Waals surface area contributed by atoms with Gasteiger partial charge in [-0.1, -0.05) is 30.0 Å². The maximum absolute atomic E-state index is 6.10. The van der Waals surface area contributed by atoms with Gasteiger partial charge in [-0.25, -0.2) is 15.0 Å². The highest BCUT2D eigenvalue weighted by Gasteiger charge is 2.25. The molecule has 2 aromatic heterocycles. The lowest BCUT2D eigenvalue weighted by molar-refractivity contribution is -0.0284. The Labute approximate surface area is 184 Å². The van der Waals surface area contributed by atoms with Crippen LogP contribution >= 0.6 is 11.8 Å². The maximum atomic E-state index is 6.10. The summed E-state index contributed by atoms with van der Waals surface area (Å²) >= 11 is 1.58. The standard InChI is InChI=1S/C23H23N5O2S/c1-29-17-12-10-16(11-13-17)26-23-27-20-21(28(23)19-9-5-6-14-30-19)24-15-25-22(20)31-18-7-3-2-4-8-18/h2-4,7-8,10-13,15,19H,5-6,9,14H2,1H3,(H,26,27). The Morgan fingerprint density at radius 3 is 2.65 bits per heavy atom. The molecule has 1 fully saturated rings. The van der Waals surface area contributed by atoms with Crippen molar-refractivity contribution in [3.05, 3.63) is 60.9 Å². The second-order valence-corrected chi connectivity index (χ2v) is 8.31. The van der Waals surface area contributed by atoms with Gasteiger partial charge in [-0.05, 0) is 55.7 Å². The quantitative estimate of drug-likeness (QED) is 0.407. The Hall–Kier alpha value is -3.10. The summed E-state index contributed by atoms with van der Waals surface area (Å²) in [5, 5.41) is 4.26. The van der Waals surface area contributed by atoms with Crippen molar-refractivity contribution in [3.63, 3.8) is 0 Å². The number of rotatable bonds is 6. The monoisotopic (exact) mass is 433 g/mol. The number of hydrogen-bond donors (Lipinski definition) is 1. The molecule has 3 heterocycles. The summed E-state index contributed by atoms with van der Waals surface area (Å²) in [6, 6.07) is 18.0. The van der Waals surface area contributed by atoms with Crippen LogP contribution in [0.25, 0.3) is 11.2 Å².